The number of hydrogen-bond acceptors (Lipinski definition) is 6. The number of primary amides is 1. The van der Waals surface area contributed by atoms with Gasteiger partial charge in [0.25, 0.3) is 5.91 Å². The van der Waals surface area contributed by atoms with E-state index in [4.69, 9.17) is 10.7 Å². The second kappa shape index (κ2) is 6.12. The van der Waals surface area contributed by atoms with E-state index in [2.05, 4.69) is 26.8 Å². The van der Waals surface area contributed by atoms with Gasteiger partial charge in [0.05, 0.1) is 12.4 Å². The highest BCUT2D eigenvalue weighted by Crippen LogP contribution is 2.25. The Hall–Kier alpha value is -3.03. The van der Waals surface area contributed by atoms with Crippen LogP contribution >= 0.6 is 0 Å². The van der Waals surface area contributed by atoms with E-state index in [-0.39, 0.29) is 5.69 Å². The lowest BCUT2D eigenvalue weighted by atomic mass is 10.0. The number of amides is 1. The van der Waals surface area contributed by atoms with Gasteiger partial charge in [-0.3, -0.25) is 9.20 Å². The van der Waals surface area contributed by atoms with Crippen LogP contribution in [0.25, 0.3) is 17.2 Å². The van der Waals surface area contributed by atoms with Gasteiger partial charge in [0, 0.05) is 25.0 Å². The van der Waals surface area contributed by atoms with Crippen molar-refractivity contribution in [1.82, 2.24) is 24.3 Å². The zero-order valence-electron chi connectivity index (χ0n) is 14.0. The molecule has 0 spiro atoms. The molecule has 1 saturated heterocycles. The molecule has 128 valence electrons. The number of carbonyl (C=O) groups excluding carboxylic acids is 1. The van der Waals surface area contributed by atoms with Crippen molar-refractivity contribution < 1.29 is 4.79 Å². The minimum Gasteiger partial charge on any atom is -0.364 e. The van der Waals surface area contributed by atoms with Crippen molar-refractivity contribution in [1.29, 1.82) is 0 Å². The van der Waals surface area contributed by atoms with E-state index < -0.39 is 5.91 Å². The van der Waals surface area contributed by atoms with Gasteiger partial charge in [-0.05, 0) is 32.3 Å². The average molecular weight is 337 g/mol. The molecular formula is C17H19N7O. The van der Waals surface area contributed by atoms with Gasteiger partial charge >= 0.3 is 0 Å². The summed E-state index contributed by atoms with van der Waals surface area (Å²) in [5.74, 6) is 0.888. The number of nitrogens with two attached hydrogens (primary N) is 1. The SMILES string of the molecule is CC1CCCCN1c1ccnc(-c2cnc3cnc(C(N)=O)cn23)n1. The van der Waals surface area contributed by atoms with Crippen molar-refractivity contribution in [2.24, 2.45) is 5.73 Å². The number of anilines is 1. The maximum absolute atomic E-state index is 11.4. The molecule has 8 nitrogen and oxygen atoms in total. The van der Waals surface area contributed by atoms with Gasteiger partial charge in [-0.25, -0.2) is 19.9 Å². The van der Waals surface area contributed by atoms with Crippen molar-refractivity contribution in [3.8, 4) is 11.5 Å². The average Bonchev–Trinajstić information content (AvgIpc) is 3.05. The molecule has 8 heteroatoms. The third-order valence-electron chi connectivity index (χ3n) is 4.62. The molecule has 1 aliphatic heterocycles. The highest BCUT2D eigenvalue weighted by Gasteiger charge is 2.20. The summed E-state index contributed by atoms with van der Waals surface area (Å²) in [6, 6.07) is 2.40. The van der Waals surface area contributed by atoms with Gasteiger partial charge in [-0.1, -0.05) is 0 Å². The molecule has 0 aliphatic carbocycles. The molecule has 0 saturated carbocycles. The Kier molecular flexibility index (Phi) is 3.79. The topological polar surface area (TPSA) is 102 Å². The first-order valence-electron chi connectivity index (χ1n) is 8.36. The fourth-order valence-corrected chi connectivity index (χ4v) is 3.25. The molecule has 4 heterocycles. The Balaban J connectivity index is 1.77. The number of aromatic nitrogens is 5. The quantitative estimate of drug-likeness (QED) is 0.780. The number of fused-ring (bicyclic) bond motifs is 1. The molecular weight excluding hydrogens is 318 g/mol. The predicted molar refractivity (Wildman–Crippen MR) is 93.2 cm³/mol. The normalized spacial score (nSPS) is 17.8. The number of hydrogen-bond donors (Lipinski definition) is 1. The third-order valence-corrected chi connectivity index (χ3v) is 4.62. The molecule has 1 aliphatic rings. The number of carbonyl (C=O) groups is 1. The summed E-state index contributed by atoms with van der Waals surface area (Å²) < 4.78 is 1.74. The molecule has 25 heavy (non-hydrogen) atoms. The standard InChI is InChI=1S/C17H19N7O/c1-11-4-2-3-7-23(11)14-5-6-19-17(22-14)13-8-21-15-9-20-12(16(18)25)10-24(13)15/h5-6,8-11H,2-4,7H2,1H3,(H2,18,25). The molecule has 0 bridgehead atoms. The Morgan fingerprint density at radius 2 is 2.12 bits per heavy atom. The van der Waals surface area contributed by atoms with E-state index in [0.717, 1.165) is 12.4 Å². The largest absolute Gasteiger partial charge is 0.364 e. The van der Waals surface area contributed by atoms with Crippen LogP contribution in [0.1, 0.15) is 36.7 Å². The second-order valence-corrected chi connectivity index (χ2v) is 6.29. The summed E-state index contributed by atoms with van der Waals surface area (Å²) in [7, 11) is 0. The number of imidazole rings is 1. The molecule has 0 radical (unpaired) electrons. The predicted octanol–water partition coefficient (Wildman–Crippen LogP) is 1.66. The first kappa shape index (κ1) is 15.5. The van der Waals surface area contributed by atoms with Crippen LogP contribution in [0.15, 0.2) is 30.9 Å². The molecule has 4 rings (SSSR count). The summed E-state index contributed by atoms with van der Waals surface area (Å²) in [4.78, 5) is 31.2. The highest BCUT2D eigenvalue weighted by atomic mass is 16.1. The maximum Gasteiger partial charge on any atom is 0.268 e. The van der Waals surface area contributed by atoms with E-state index in [9.17, 15) is 4.79 Å². The van der Waals surface area contributed by atoms with E-state index in [0.29, 0.717) is 23.2 Å². The minimum atomic E-state index is -0.585. The van der Waals surface area contributed by atoms with E-state index in [1.54, 1.807) is 23.0 Å². The van der Waals surface area contributed by atoms with Crippen LogP contribution in [0.5, 0.6) is 0 Å². The fourth-order valence-electron chi connectivity index (χ4n) is 3.25. The Bertz CT molecular complexity index is 936. The lowest BCUT2D eigenvalue weighted by Crippen LogP contribution is -2.38. The van der Waals surface area contributed by atoms with Gasteiger partial charge < -0.3 is 10.6 Å². The lowest BCUT2D eigenvalue weighted by molar-refractivity contribution is 0.0995. The van der Waals surface area contributed by atoms with Crippen LogP contribution in [0.2, 0.25) is 0 Å². The summed E-state index contributed by atoms with van der Waals surface area (Å²) >= 11 is 0. The van der Waals surface area contributed by atoms with Crippen LogP contribution in [-0.4, -0.2) is 42.8 Å². The van der Waals surface area contributed by atoms with E-state index >= 15 is 0 Å². The van der Waals surface area contributed by atoms with Gasteiger partial charge in [-0.15, -0.1) is 0 Å². The molecule has 1 fully saturated rings. The monoisotopic (exact) mass is 337 g/mol. The summed E-state index contributed by atoms with van der Waals surface area (Å²) in [6.45, 7) is 3.22. The van der Waals surface area contributed by atoms with Gasteiger partial charge in [-0.2, -0.15) is 0 Å². The second-order valence-electron chi connectivity index (χ2n) is 6.29. The first-order valence-corrected chi connectivity index (χ1v) is 8.36. The maximum atomic E-state index is 11.4. The number of nitrogens with zero attached hydrogens (tertiary/aromatic N) is 6. The molecule has 1 amide bonds. The molecule has 3 aromatic rings. The van der Waals surface area contributed by atoms with Crippen molar-refractivity contribution in [3.63, 3.8) is 0 Å². The van der Waals surface area contributed by atoms with E-state index in [1.165, 1.54) is 25.5 Å². The van der Waals surface area contributed by atoms with Crippen LogP contribution in [0.4, 0.5) is 5.82 Å². The summed E-state index contributed by atoms with van der Waals surface area (Å²) in [5, 5.41) is 0. The van der Waals surface area contributed by atoms with Crippen LogP contribution in [-0.2, 0) is 0 Å². The number of rotatable bonds is 3. The van der Waals surface area contributed by atoms with Crippen molar-refractivity contribution >= 4 is 17.4 Å². The van der Waals surface area contributed by atoms with Crippen LogP contribution < -0.4 is 10.6 Å². The number of piperidine rings is 1. The van der Waals surface area contributed by atoms with Gasteiger partial charge in [0.2, 0.25) is 0 Å². The smallest absolute Gasteiger partial charge is 0.268 e. The van der Waals surface area contributed by atoms with Gasteiger partial charge in [0.1, 0.15) is 17.2 Å². The Labute approximate surface area is 144 Å². The zero-order valence-corrected chi connectivity index (χ0v) is 14.0. The lowest BCUT2D eigenvalue weighted by Gasteiger charge is -2.34. The van der Waals surface area contributed by atoms with Crippen LogP contribution in [0, 0.1) is 0 Å². The zero-order chi connectivity index (χ0) is 17.4. The highest BCUT2D eigenvalue weighted by molar-refractivity contribution is 5.90. The minimum absolute atomic E-state index is 0.174. The molecule has 3 aromatic heterocycles. The van der Waals surface area contributed by atoms with E-state index in [1.807, 2.05) is 6.07 Å². The van der Waals surface area contributed by atoms with Crippen LogP contribution in [0.3, 0.4) is 0 Å². The molecule has 1 atom stereocenters. The molecule has 2 N–H and O–H groups in total. The molecule has 1 unspecified atom stereocenters. The fraction of sp³-hybridized carbons (Fsp3) is 0.353. The first-order chi connectivity index (χ1) is 12.1. The third kappa shape index (κ3) is 2.79. The molecule has 0 aromatic carbocycles. The van der Waals surface area contributed by atoms with Crippen molar-refractivity contribution in [3.05, 3.63) is 36.5 Å². The Morgan fingerprint density at radius 3 is 2.92 bits per heavy atom. The van der Waals surface area contributed by atoms with Gasteiger partial charge in [0.15, 0.2) is 11.5 Å². The van der Waals surface area contributed by atoms with Crippen molar-refractivity contribution in [2.45, 2.75) is 32.2 Å². The Morgan fingerprint density at radius 1 is 1.24 bits per heavy atom. The summed E-state index contributed by atoms with van der Waals surface area (Å²) in [5.41, 5.74) is 6.81. The van der Waals surface area contributed by atoms with Crippen molar-refractivity contribution in [2.75, 3.05) is 11.4 Å². The summed E-state index contributed by atoms with van der Waals surface area (Å²) in [6.07, 6.45) is 10.1.